The zero-order valence-corrected chi connectivity index (χ0v) is 25.2. The highest BCUT2D eigenvalue weighted by atomic mass is 14.7. The van der Waals surface area contributed by atoms with Gasteiger partial charge in [0.1, 0.15) is 0 Å². The highest BCUT2D eigenvalue weighted by molar-refractivity contribution is 6.15. The third-order valence-corrected chi connectivity index (χ3v) is 9.26. The Bertz CT molecular complexity index is 2540. The lowest BCUT2D eigenvalue weighted by molar-refractivity contribution is 1.40. The molecule has 9 aromatic rings. The first kappa shape index (κ1) is 26.4. The van der Waals surface area contributed by atoms with E-state index in [9.17, 15) is 0 Å². The van der Waals surface area contributed by atoms with Gasteiger partial charge in [0.05, 0.1) is 11.2 Å². The predicted molar refractivity (Wildman–Crippen MR) is 196 cm³/mol. The molecule has 0 amide bonds. The molecule has 214 valence electrons. The Kier molecular flexibility index (Phi) is 6.21. The summed E-state index contributed by atoms with van der Waals surface area (Å²) in [4.78, 5) is 5.18. The Hall–Kier alpha value is -6.05. The van der Waals surface area contributed by atoms with Crippen LogP contribution in [0.2, 0.25) is 0 Å². The van der Waals surface area contributed by atoms with Crippen LogP contribution in [0.1, 0.15) is 0 Å². The number of aromatic nitrogens is 1. The van der Waals surface area contributed by atoms with Crippen molar-refractivity contribution in [2.75, 3.05) is 0 Å². The molecule has 0 aliphatic rings. The van der Waals surface area contributed by atoms with Crippen molar-refractivity contribution >= 4 is 43.2 Å². The fraction of sp³-hybridized carbons (Fsp3) is 0. The second-order valence-corrected chi connectivity index (χ2v) is 11.9. The maximum atomic E-state index is 5.18. The smallest absolute Gasteiger partial charge is 0.0722 e. The summed E-state index contributed by atoms with van der Waals surface area (Å²) in [7, 11) is 0. The zero-order valence-electron chi connectivity index (χ0n) is 25.2. The second kappa shape index (κ2) is 10.8. The van der Waals surface area contributed by atoms with Crippen LogP contribution in [0.5, 0.6) is 0 Å². The molecule has 9 rings (SSSR count). The van der Waals surface area contributed by atoms with Crippen molar-refractivity contribution in [1.29, 1.82) is 0 Å². The van der Waals surface area contributed by atoms with Gasteiger partial charge in [-0.25, -0.2) is 4.98 Å². The van der Waals surface area contributed by atoms with Crippen LogP contribution in [-0.4, -0.2) is 4.98 Å². The second-order valence-electron chi connectivity index (χ2n) is 11.9. The molecule has 46 heavy (non-hydrogen) atoms. The van der Waals surface area contributed by atoms with Crippen molar-refractivity contribution in [3.63, 3.8) is 0 Å². The summed E-state index contributed by atoms with van der Waals surface area (Å²) in [5.41, 5.74) is 10.4. The number of rotatable bonds is 4. The largest absolute Gasteiger partial charge is 0.248 e. The first-order valence-electron chi connectivity index (χ1n) is 15.8. The molecule has 0 atom stereocenters. The standard InChI is InChI=1S/C45H29N/c1-2-10-32(11-3-1)42-29-44(46-43-27-26-33-12-4-7-15-38(33)45(42)43)35-24-20-31(21-25-35)30-18-22-34(23-19-30)41-28-36-13-5-6-14-37(36)39-16-8-9-17-40(39)41/h1-29H. The molecule has 1 heterocycles. The zero-order chi connectivity index (χ0) is 30.5. The van der Waals surface area contributed by atoms with Gasteiger partial charge in [0.2, 0.25) is 0 Å². The van der Waals surface area contributed by atoms with E-state index in [2.05, 4.69) is 176 Å². The van der Waals surface area contributed by atoms with Gasteiger partial charge in [0.15, 0.2) is 0 Å². The highest BCUT2D eigenvalue weighted by Gasteiger charge is 2.13. The van der Waals surface area contributed by atoms with Crippen LogP contribution in [0.4, 0.5) is 0 Å². The van der Waals surface area contributed by atoms with Gasteiger partial charge in [0, 0.05) is 10.9 Å². The Balaban J connectivity index is 1.09. The molecule has 0 bridgehead atoms. The van der Waals surface area contributed by atoms with Crippen LogP contribution >= 0.6 is 0 Å². The van der Waals surface area contributed by atoms with E-state index < -0.39 is 0 Å². The van der Waals surface area contributed by atoms with Crippen LogP contribution in [0.15, 0.2) is 176 Å². The first-order valence-corrected chi connectivity index (χ1v) is 15.8. The summed E-state index contributed by atoms with van der Waals surface area (Å²) in [5.74, 6) is 0. The highest BCUT2D eigenvalue weighted by Crippen LogP contribution is 2.38. The molecular weight excluding hydrogens is 555 g/mol. The third kappa shape index (κ3) is 4.45. The van der Waals surface area contributed by atoms with E-state index in [1.54, 1.807) is 0 Å². The maximum Gasteiger partial charge on any atom is 0.0722 e. The molecule has 0 aliphatic heterocycles. The van der Waals surface area contributed by atoms with Gasteiger partial charge < -0.3 is 0 Å². The van der Waals surface area contributed by atoms with E-state index in [0.717, 1.165) is 16.8 Å². The van der Waals surface area contributed by atoms with E-state index >= 15 is 0 Å². The van der Waals surface area contributed by atoms with Crippen LogP contribution in [0.3, 0.4) is 0 Å². The summed E-state index contributed by atoms with van der Waals surface area (Å²) in [6.07, 6.45) is 0. The molecule has 1 heteroatoms. The lowest BCUT2D eigenvalue weighted by Gasteiger charge is -2.13. The molecular formula is C45H29N. The average Bonchev–Trinajstić information content (AvgIpc) is 3.14. The van der Waals surface area contributed by atoms with Gasteiger partial charge in [-0.1, -0.05) is 158 Å². The molecule has 8 aromatic carbocycles. The Morgan fingerprint density at radius 2 is 0.848 bits per heavy atom. The lowest BCUT2D eigenvalue weighted by atomic mass is 9.92. The number of hydrogen-bond donors (Lipinski definition) is 0. The van der Waals surface area contributed by atoms with Crippen molar-refractivity contribution in [3.05, 3.63) is 176 Å². The average molecular weight is 584 g/mol. The van der Waals surface area contributed by atoms with Gasteiger partial charge in [0.25, 0.3) is 0 Å². The number of fused-ring (bicyclic) bond motifs is 6. The van der Waals surface area contributed by atoms with Crippen molar-refractivity contribution in [2.45, 2.75) is 0 Å². The van der Waals surface area contributed by atoms with Crippen molar-refractivity contribution < 1.29 is 0 Å². The summed E-state index contributed by atoms with van der Waals surface area (Å²) < 4.78 is 0. The molecule has 0 unspecified atom stereocenters. The third-order valence-electron chi connectivity index (χ3n) is 9.26. The number of pyridine rings is 1. The molecule has 0 aliphatic carbocycles. The van der Waals surface area contributed by atoms with Gasteiger partial charge in [-0.2, -0.15) is 0 Å². The minimum Gasteiger partial charge on any atom is -0.248 e. The fourth-order valence-corrected chi connectivity index (χ4v) is 6.97. The number of hydrogen-bond acceptors (Lipinski definition) is 1. The molecule has 1 aromatic heterocycles. The van der Waals surface area contributed by atoms with Gasteiger partial charge in [-0.15, -0.1) is 0 Å². The fourth-order valence-electron chi connectivity index (χ4n) is 6.97. The summed E-state index contributed by atoms with van der Waals surface area (Å²) in [5, 5.41) is 8.79. The summed E-state index contributed by atoms with van der Waals surface area (Å²) in [6, 6.07) is 63.3. The molecule has 0 saturated carbocycles. The van der Waals surface area contributed by atoms with Crippen molar-refractivity contribution in [1.82, 2.24) is 4.98 Å². The van der Waals surface area contributed by atoms with E-state index in [1.165, 1.54) is 71.1 Å². The maximum absolute atomic E-state index is 5.18. The van der Waals surface area contributed by atoms with E-state index in [1.807, 2.05) is 0 Å². The van der Waals surface area contributed by atoms with Crippen LogP contribution < -0.4 is 0 Å². The van der Waals surface area contributed by atoms with E-state index in [0.29, 0.717) is 0 Å². The Morgan fingerprint density at radius 3 is 1.59 bits per heavy atom. The van der Waals surface area contributed by atoms with E-state index in [-0.39, 0.29) is 0 Å². The first-order chi connectivity index (χ1) is 22.8. The van der Waals surface area contributed by atoms with Crippen LogP contribution in [0, 0.1) is 0 Å². The summed E-state index contributed by atoms with van der Waals surface area (Å²) in [6.45, 7) is 0. The van der Waals surface area contributed by atoms with E-state index in [4.69, 9.17) is 4.98 Å². The monoisotopic (exact) mass is 583 g/mol. The molecule has 0 N–H and O–H groups in total. The molecule has 0 fully saturated rings. The number of benzene rings is 8. The molecule has 0 radical (unpaired) electrons. The van der Waals surface area contributed by atoms with Gasteiger partial charge >= 0.3 is 0 Å². The molecule has 0 saturated heterocycles. The SMILES string of the molecule is c1ccc(-c2cc(-c3ccc(-c4ccc(-c5cc6ccccc6c6ccccc56)cc4)cc3)nc3ccc4ccccc4c23)cc1. The van der Waals surface area contributed by atoms with Crippen LogP contribution in [-0.2, 0) is 0 Å². The molecule has 1 nitrogen and oxygen atoms in total. The number of nitrogens with zero attached hydrogens (tertiary/aromatic N) is 1. The van der Waals surface area contributed by atoms with Crippen molar-refractivity contribution in [2.24, 2.45) is 0 Å². The van der Waals surface area contributed by atoms with Gasteiger partial charge in [-0.05, 0) is 83.9 Å². The Morgan fingerprint density at radius 1 is 0.304 bits per heavy atom. The quantitative estimate of drug-likeness (QED) is 0.188. The van der Waals surface area contributed by atoms with Crippen molar-refractivity contribution in [3.8, 4) is 44.6 Å². The normalized spacial score (nSPS) is 11.5. The topological polar surface area (TPSA) is 12.9 Å². The minimum atomic E-state index is 0.978. The van der Waals surface area contributed by atoms with Crippen LogP contribution in [0.25, 0.3) is 87.9 Å². The summed E-state index contributed by atoms with van der Waals surface area (Å²) >= 11 is 0. The lowest BCUT2D eigenvalue weighted by Crippen LogP contribution is -1.91. The minimum absolute atomic E-state index is 0.978. The Labute approximate surface area is 268 Å². The van der Waals surface area contributed by atoms with Gasteiger partial charge in [-0.3, -0.25) is 0 Å². The molecule has 0 spiro atoms. The predicted octanol–water partition coefficient (Wildman–Crippen LogP) is 12.4.